The van der Waals surface area contributed by atoms with Gasteiger partial charge in [0.15, 0.2) is 5.82 Å². The smallest absolute Gasteiger partial charge is 0.245 e. The van der Waals surface area contributed by atoms with Gasteiger partial charge < -0.3 is 15.3 Å². The van der Waals surface area contributed by atoms with Crippen LogP contribution in [0.15, 0.2) is 18.5 Å². The lowest BCUT2D eigenvalue weighted by atomic mass is 9.84. The average molecular weight is 262 g/mol. The zero-order valence-corrected chi connectivity index (χ0v) is 10.9. The Morgan fingerprint density at radius 1 is 1.47 bits per heavy atom. The number of likely N-dealkylation sites (tertiary alicyclic amines) is 1. The Bertz CT molecular complexity index is 471. The van der Waals surface area contributed by atoms with Gasteiger partial charge in [-0.3, -0.25) is 4.79 Å². The van der Waals surface area contributed by atoms with Crippen LogP contribution in [0, 0.1) is 0 Å². The molecule has 3 rings (SSSR count). The van der Waals surface area contributed by atoms with Crippen LogP contribution in [0.4, 0.5) is 0 Å². The summed E-state index contributed by atoms with van der Waals surface area (Å²) >= 11 is 0. The molecule has 2 aliphatic heterocycles. The summed E-state index contributed by atoms with van der Waals surface area (Å²) in [7, 11) is 0. The van der Waals surface area contributed by atoms with Crippen LogP contribution in [-0.4, -0.2) is 50.6 Å². The summed E-state index contributed by atoms with van der Waals surface area (Å²) in [5.41, 5.74) is -0.387. The summed E-state index contributed by atoms with van der Waals surface area (Å²) in [6.07, 6.45) is 4.48. The van der Waals surface area contributed by atoms with Crippen molar-refractivity contribution in [3.63, 3.8) is 0 Å². The van der Waals surface area contributed by atoms with Gasteiger partial charge in [0.1, 0.15) is 11.6 Å². The van der Waals surface area contributed by atoms with E-state index in [0.29, 0.717) is 12.4 Å². The summed E-state index contributed by atoms with van der Waals surface area (Å²) in [5.74, 6) is 0.557. The number of carbonyl (C=O) groups excluding carboxylic acids is 1. The largest absolute Gasteiger partial charge is 0.391 e. The van der Waals surface area contributed by atoms with Gasteiger partial charge in [0.05, 0.1) is 6.10 Å². The highest BCUT2D eigenvalue weighted by Crippen LogP contribution is 2.37. The van der Waals surface area contributed by atoms with E-state index in [-0.39, 0.29) is 11.4 Å². The highest BCUT2D eigenvalue weighted by Gasteiger charge is 2.56. The van der Waals surface area contributed by atoms with Crippen molar-refractivity contribution in [1.82, 2.24) is 20.2 Å². The van der Waals surface area contributed by atoms with E-state index < -0.39 is 12.1 Å². The Balaban J connectivity index is 1.82. The van der Waals surface area contributed by atoms with Crippen molar-refractivity contribution in [3.05, 3.63) is 24.3 Å². The fourth-order valence-corrected chi connectivity index (χ4v) is 3.04. The lowest BCUT2D eigenvalue weighted by molar-refractivity contribution is -0.160. The van der Waals surface area contributed by atoms with E-state index in [1.54, 1.807) is 30.3 Å². The maximum atomic E-state index is 12.4. The summed E-state index contributed by atoms with van der Waals surface area (Å²) in [6, 6.07) is 1.27. The second kappa shape index (κ2) is 4.54. The normalized spacial score (nSPS) is 29.4. The molecule has 0 radical (unpaired) electrons. The number of amides is 1. The van der Waals surface area contributed by atoms with Gasteiger partial charge in [-0.1, -0.05) is 0 Å². The highest BCUT2D eigenvalue weighted by atomic mass is 16.3. The molecule has 1 spiro atoms. The Kier molecular flexibility index (Phi) is 2.99. The number of rotatable bonds is 3. The summed E-state index contributed by atoms with van der Waals surface area (Å²) in [4.78, 5) is 22.4. The zero-order valence-electron chi connectivity index (χ0n) is 10.9. The quantitative estimate of drug-likeness (QED) is 0.742. The summed E-state index contributed by atoms with van der Waals surface area (Å²) < 4.78 is 0. The zero-order chi connectivity index (χ0) is 13.5. The van der Waals surface area contributed by atoms with E-state index in [9.17, 15) is 9.90 Å². The number of aromatic nitrogens is 2. The van der Waals surface area contributed by atoms with Crippen LogP contribution in [0.3, 0.4) is 0 Å². The molecule has 0 bridgehead atoms. The van der Waals surface area contributed by atoms with Gasteiger partial charge in [-0.15, -0.1) is 0 Å². The molecule has 6 heteroatoms. The van der Waals surface area contributed by atoms with Crippen LogP contribution in [0.25, 0.3) is 0 Å². The van der Waals surface area contributed by atoms with E-state index in [2.05, 4.69) is 15.3 Å². The average Bonchev–Trinajstić information content (AvgIpc) is 2.90. The maximum Gasteiger partial charge on any atom is 0.245 e. The molecule has 2 saturated heterocycles. The first kappa shape index (κ1) is 12.5. The summed E-state index contributed by atoms with van der Waals surface area (Å²) in [5, 5.41) is 13.2. The van der Waals surface area contributed by atoms with Crippen molar-refractivity contribution in [3.8, 4) is 0 Å². The first-order valence-corrected chi connectivity index (χ1v) is 6.65. The van der Waals surface area contributed by atoms with Crippen molar-refractivity contribution < 1.29 is 9.90 Å². The van der Waals surface area contributed by atoms with Gasteiger partial charge in [0.25, 0.3) is 0 Å². The number of hydrogen-bond acceptors (Lipinski definition) is 5. The van der Waals surface area contributed by atoms with Crippen LogP contribution in [-0.2, 0) is 4.79 Å². The molecule has 0 saturated carbocycles. The Labute approximate surface area is 111 Å². The topological polar surface area (TPSA) is 78.4 Å². The molecule has 1 amide bonds. The number of aliphatic hydroxyl groups is 1. The molecule has 2 fully saturated rings. The third-order valence-corrected chi connectivity index (χ3v) is 4.00. The number of nitrogens with one attached hydrogen (secondary N) is 1. The minimum Gasteiger partial charge on any atom is -0.391 e. The predicted molar refractivity (Wildman–Crippen MR) is 68.1 cm³/mol. The van der Waals surface area contributed by atoms with Crippen LogP contribution < -0.4 is 5.32 Å². The van der Waals surface area contributed by atoms with Crippen molar-refractivity contribution in [2.75, 3.05) is 13.1 Å². The number of hydrogen-bond donors (Lipinski definition) is 2. The van der Waals surface area contributed by atoms with Crippen LogP contribution >= 0.6 is 0 Å². The van der Waals surface area contributed by atoms with Gasteiger partial charge in [-0.2, -0.15) is 0 Å². The Morgan fingerprint density at radius 3 is 2.74 bits per heavy atom. The van der Waals surface area contributed by atoms with Gasteiger partial charge in [-0.05, 0) is 32.4 Å². The maximum absolute atomic E-state index is 12.4. The molecule has 2 unspecified atom stereocenters. The molecule has 1 aromatic heterocycles. The molecule has 19 heavy (non-hydrogen) atoms. The third kappa shape index (κ3) is 1.91. The first-order valence-electron chi connectivity index (χ1n) is 6.65. The van der Waals surface area contributed by atoms with Crippen LogP contribution in [0.2, 0.25) is 0 Å². The third-order valence-electron chi connectivity index (χ3n) is 4.00. The van der Waals surface area contributed by atoms with Crippen LogP contribution in [0.5, 0.6) is 0 Å². The molecule has 1 aromatic rings. The van der Waals surface area contributed by atoms with Crippen molar-refractivity contribution in [2.24, 2.45) is 0 Å². The number of β-lactam (4-membered cyclic amide) rings is 1. The number of aliphatic hydroxyl groups excluding tert-OH is 1. The van der Waals surface area contributed by atoms with E-state index >= 15 is 0 Å². The van der Waals surface area contributed by atoms with E-state index in [1.807, 2.05) is 0 Å². The molecule has 3 heterocycles. The second-order valence-electron chi connectivity index (χ2n) is 5.34. The molecule has 3 atom stereocenters. The lowest BCUT2D eigenvalue weighted by Crippen LogP contribution is -2.72. The van der Waals surface area contributed by atoms with Crippen molar-refractivity contribution >= 4 is 5.91 Å². The van der Waals surface area contributed by atoms with E-state index in [0.717, 1.165) is 19.4 Å². The second-order valence-corrected chi connectivity index (χ2v) is 5.34. The van der Waals surface area contributed by atoms with Gasteiger partial charge in [0, 0.05) is 18.9 Å². The standard InChI is InChI=1S/C13H18N4O2/c1-9(18)10(11-14-5-3-6-15-11)17-8-13(12(17)19)4-2-7-16-13/h3,5-6,9-10,16,18H,2,4,7-8H2,1H3/t9-,10?,13?/m1/s1. The van der Waals surface area contributed by atoms with Crippen molar-refractivity contribution in [2.45, 2.75) is 37.5 Å². The molecule has 2 N–H and O–H groups in total. The van der Waals surface area contributed by atoms with Crippen molar-refractivity contribution in [1.29, 1.82) is 0 Å². The molecular weight excluding hydrogens is 244 g/mol. The first-order chi connectivity index (χ1) is 9.14. The predicted octanol–water partition coefficient (Wildman–Crippen LogP) is -0.137. The molecule has 102 valence electrons. The SMILES string of the molecule is C[C@@H](O)C(c1ncccn1)N1CC2(CCCN2)C1=O. The molecule has 6 nitrogen and oxygen atoms in total. The molecule has 0 aliphatic carbocycles. The number of nitrogens with zero attached hydrogens (tertiary/aromatic N) is 3. The minimum absolute atomic E-state index is 0.0587. The monoisotopic (exact) mass is 262 g/mol. The lowest BCUT2D eigenvalue weighted by Gasteiger charge is -2.50. The van der Waals surface area contributed by atoms with Gasteiger partial charge in [0.2, 0.25) is 5.91 Å². The Morgan fingerprint density at radius 2 is 2.21 bits per heavy atom. The number of carbonyl (C=O) groups is 1. The van der Waals surface area contributed by atoms with E-state index in [1.165, 1.54) is 0 Å². The fraction of sp³-hybridized carbons (Fsp3) is 0.615. The van der Waals surface area contributed by atoms with Gasteiger partial charge >= 0.3 is 0 Å². The fourth-order valence-electron chi connectivity index (χ4n) is 3.04. The molecule has 2 aliphatic rings. The molecular formula is C13H18N4O2. The minimum atomic E-state index is -0.690. The Hall–Kier alpha value is -1.53. The summed E-state index contributed by atoms with van der Waals surface area (Å²) in [6.45, 7) is 3.18. The van der Waals surface area contributed by atoms with E-state index in [4.69, 9.17) is 0 Å². The van der Waals surface area contributed by atoms with Crippen LogP contribution in [0.1, 0.15) is 31.6 Å². The molecule has 0 aromatic carbocycles. The van der Waals surface area contributed by atoms with Gasteiger partial charge in [-0.25, -0.2) is 9.97 Å². The highest BCUT2D eigenvalue weighted by molar-refractivity contribution is 5.93.